The van der Waals surface area contributed by atoms with Crippen LogP contribution < -0.4 is 0 Å². The molecule has 0 aromatic heterocycles. The van der Waals surface area contributed by atoms with E-state index in [1.54, 1.807) is 0 Å². The summed E-state index contributed by atoms with van der Waals surface area (Å²) in [7, 11) is 0. The number of hydrogen-bond donors (Lipinski definition) is 1. The SMILES string of the molecule is CCCC(CC)N(CC)CCCCO. The van der Waals surface area contributed by atoms with Crippen LogP contribution in [0.5, 0.6) is 0 Å². The summed E-state index contributed by atoms with van der Waals surface area (Å²) in [5, 5.41) is 8.73. The molecule has 0 amide bonds. The molecule has 0 aromatic carbocycles. The number of aliphatic hydroxyl groups is 1. The van der Waals surface area contributed by atoms with Gasteiger partial charge in [0.15, 0.2) is 0 Å². The molecule has 0 saturated carbocycles. The lowest BCUT2D eigenvalue weighted by molar-refractivity contribution is 0.179. The van der Waals surface area contributed by atoms with Gasteiger partial charge in [0, 0.05) is 12.6 Å². The van der Waals surface area contributed by atoms with E-state index in [1.807, 2.05) is 0 Å². The van der Waals surface area contributed by atoms with E-state index in [0.29, 0.717) is 6.61 Å². The Morgan fingerprint density at radius 3 is 2.29 bits per heavy atom. The predicted molar refractivity (Wildman–Crippen MR) is 62.6 cm³/mol. The van der Waals surface area contributed by atoms with Crippen molar-refractivity contribution in [2.45, 2.75) is 58.9 Å². The molecule has 0 heterocycles. The Balaban J connectivity index is 3.81. The van der Waals surface area contributed by atoms with Crippen molar-refractivity contribution >= 4 is 0 Å². The van der Waals surface area contributed by atoms with Crippen molar-refractivity contribution in [1.29, 1.82) is 0 Å². The van der Waals surface area contributed by atoms with Crippen molar-refractivity contribution < 1.29 is 5.11 Å². The molecule has 1 atom stereocenters. The van der Waals surface area contributed by atoms with E-state index in [2.05, 4.69) is 25.7 Å². The van der Waals surface area contributed by atoms with E-state index in [4.69, 9.17) is 5.11 Å². The number of nitrogens with zero attached hydrogens (tertiary/aromatic N) is 1. The number of unbranched alkanes of at least 4 members (excludes halogenated alkanes) is 1. The summed E-state index contributed by atoms with van der Waals surface area (Å²) in [4.78, 5) is 2.55. The quantitative estimate of drug-likeness (QED) is 0.580. The molecule has 0 aliphatic rings. The van der Waals surface area contributed by atoms with E-state index in [9.17, 15) is 0 Å². The number of hydrogen-bond acceptors (Lipinski definition) is 2. The predicted octanol–water partition coefficient (Wildman–Crippen LogP) is 2.66. The largest absolute Gasteiger partial charge is 0.396 e. The molecule has 0 fully saturated rings. The topological polar surface area (TPSA) is 23.5 Å². The van der Waals surface area contributed by atoms with Gasteiger partial charge in [0.2, 0.25) is 0 Å². The second kappa shape index (κ2) is 9.47. The third-order valence-electron chi connectivity index (χ3n) is 2.87. The molecule has 2 nitrogen and oxygen atoms in total. The van der Waals surface area contributed by atoms with Gasteiger partial charge in [-0.05, 0) is 38.8 Å². The molecule has 0 spiro atoms. The second-order valence-electron chi connectivity index (χ2n) is 3.91. The molecule has 0 saturated heterocycles. The zero-order valence-corrected chi connectivity index (χ0v) is 10.1. The zero-order chi connectivity index (χ0) is 10.8. The van der Waals surface area contributed by atoms with E-state index in [0.717, 1.165) is 32.0 Å². The molecular formula is C12H27NO. The highest BCUT2D eigenvalue weighted by atomic mass is 16.2. The van der Waals surface area contributed by atoms with Crippen LogP contribution in [-0.2, 0) is 0 Å². The summed E-state index contributed by atoms with van der Waals surface area (Å²) in [6.45, 7) is 9.39. The summed E-state index contributed by atoms with van der Waals surface area (Å²) in [6, 6.07) is 0.753. The van der Waals surface area contributed by atoms with Gasteiger partial charge in [-0.3, -0.25) is 0 Å². The molecular weight excluding hydrogens is 174 g/mol. The lowest BCUT2D eigenvalue weighted by atomic mass is 10.1. The fourth-order valence-corrected chi connectivity index (χ4v) is 2.00. The van der Waals surface area contributed by atoms with Gasteiger partial charge < -0.3 is 10.0 Å². The molecule has 86 valence electrons. The minimum absolute atomic E-state index is 0.335. The van der Waals surface area contributed by atoms with E-state index < -0.39 is 0 Å². The third kappa shape index (κ3) is 5.61. The summed E-state index contributed by atoms with van der Waals surface area (Å²) in [5.41, 5.74) is 0. The molecule has 0 rings (SSSR count). The highest BCUT2D eigenvalue weighted by Gasteiger charge is 2.12. The smallest absolute Gasteiger partial charge is 0.0431 e. The average molecular weight is 201 g/mol. The second-order valence-corrected chi connectivity index (χ2v) is 3.91. The first-order chi connectivity index (χ1) is 6.79. The normalized spacial score (nSPS) is 13.5. The molecule has 0 aliphatic heterocycles. The lowest BCUT2D eigenvalue weighted by Crippen LogP contribution is -2.35. The molecule has 2 heteroatoms. The first-order valence-corrected chi connectivity index (χ1v) is 6.14. The Bertz CT molecular complexity index is 117. The van der Waals surface area contributed by atoms with Crippen molar-refractivity contribution in [3.63, 3.8) is 0 Å². The fourth-order valence-electron chi connectivity index (χ4n) is 2.00. The van der Waals surface area contributed by atoms with Gasteiger partial charge in [-0.25, -0.2) is 0 Å². The van der Waals surface area contributed by atoms with Crippen LogP contribution in [-0.4, -0.2) is 35.7 Å². The maximum Gasteiger partial charge on any atom is 0.0431 e. The van der Waals surface area contributed by atoms with Crippen LogP contribution in [0.1, 0.15) is 52.9 Å². The van der Waals surface area contributed by atoms with Gasteiger partial charge in [-0.15, -0.1) is 0 Å². The van der Waals surface area contributed by atoms with E-state index >= 15 is 0 Å². The first-order valence-electron chi connectivity index (χ1n) is 6.14. The van der Waals surface area contributed by atoms with Crippen LogP contribution in [0, 0.1) is 0 Å². The van der Waals surface area contributed by atoms with Gasteiger partial charge in [0.1, 0.15) is 0 Å². The summed E-state index contributed by atoms with van der Waals surface area (Å²) < 4.78 is 0. The molecule has 1 N–H and O–H groups in total. The van der Waals surface area contributed by atoms with Crippen molar-refractivity contribution in [3.05, 3.63) is 0 Å². The van der Waals surface area contributed by atoms with Crippen LogP contribution in [0.25, 0.3) is 0 Å². The highest BCUT2D eigenvalue weighted by molar-refractivity contribution is 4.68. The summed E-state index contributed by atoms with van der Waals surface area (Å²) in [6.07, 6.45) is 5.91. The Labute approximate surface area is 89.3 Å². The Hall–Kier alpha value is -0.0800. The van der Waals surface area contributed by atoms with Crippen LogP contribution in [0.3, 0.4) is 0 Å². The molecule has 0 aromatic rings. The maximum atomic E-state index is 8.73. The number of aliphatic hydroxyl groups excluding tert-OH is 1. The van der Waals surface area contributed by atoms with Crippen molar-refractivity contribution in [3.8, 4) is 0 Å². The fraction of sp³-hybridized carbons (Fsp3) is 1.00. The molecule has 0 bridgehead atoms. The van der Waals surface area contributed by atoms with Crippen LogP contribution >= 0.6 is 0 Å². The minimum Gasteiger partial charge on any atom is -0.396 e. The van der Waals surface area contributed by atoms with E-state index in [-0.39, 0.29) is 0 Å². The Morgan fingerprint density at radius 2 is 1.86 bits per heavy atom. The standard InChI is InChI=1S/C12H27NO/c1-4-9-12(5-2)13(6-3)10-7-8-11-14/h12,14H,4-11H2,1-3H3. The van der Waals surface area contributed by atoms with Crippen LogP contribution in [0.4, 0.5) is 0 Å². The molecule has 14 heavy (non-hydrogen) atoms. The van der Waals surface area contributed by atoms with Gasteiger partial charge in [0.25, 0.3) is 0 Å². The summed E-state index contributed by atoms with van der Waals surface area (Å²) in [5.74, 6) is 0. The Kier molecular flexibility index (Phi) is 9.42. The van der Waals surface area contributed by atoms with Crippen LogP contribution in [0.2, 0.25) is 0 Å². The van der Waals surface area contributed by atoms with Gasteiger partial charge in [-0.1, -0.05) is 27.2 Å². The van der Waals surface area contributed by atoms with Gasteiger partial charge in [0.05, 0.1) is 0 Å². The average Bonchev–Trinajstić information content (AvgIpc) is 2.22. The van der Waals surface area contributed by atoms with Gasteiger partial charge >= 0.3 is 0 Å². The first kappa shape index (κ1) is 13.9. The van der Waals surface area contributed by atoms with Crippen molar-refractivity contribution in [2.75, 3.05) is 19.7 Å². The van der Waals surface area contributed by atoms with Crippen molar-refractivity contribution in [1.82, 2.24) is 4.90 Å². The lowest BCUT2D eigenvalue weighted by Gasteiger charge is -2.29. The van der Waals surface area contributed by atoms with Crippen molar-refractivity contribution in [2.24, 2.45) is 0 Å². The zero-order valence-electron chi connectivity index (χ0n) is 10.1. The monoisotopic (exact) mass is 201 g/mol. The molecule has 0 aliphatic carbocycles. The summed E-state index contributed by atoms with van der Waals surface area (Å²) >= 11 is 0. The molecule has 1 unspecified atom stereocenters. The minimum atomic E-state index is 0.335. The third-order valence-corrected chi connectivity index (χ3v) is 2.87. The Morgan fingerprint density at radius 1 is 1.14 bits per heavy atom. The van der Waals surface area contributed by atoms with Gasteiger partial charge in [-0.2, -0.15) is 0 Å². The molecule has 0 radical (unpaired) electrons. The maximum absolute atomic E-state index is 8.73. The van der Waals surface area contributed by atoms with E-state index in [1.165, 1.54) is 19.3 Å². The highest BCUT2D eigenvalue weighted by Crippen LogP contribution is 2.11. The van der Waals surface area contributed by atoms with Crippen LogP contribution in [0.15, 0.2) is 0 Å². The number of rotatable bonds is 9.